The van der Waals surface area contributed by atoms with Crippen molar-refractivity contribution in [3.05, 3.63) is 11.8 Å². The SMILES string of the molecule is CCCCCOC(=O)c1cn[nH]c1N. The molecule has 3 N–H and O–H groups in total. The number of aromatic amines is 1. The van der Waals surface area contributed by atoms with Crippen LogP contribution in [-0.2, 0) is 4.74 Å². The summed E-state index contributed by atoms with van der Waals surface area (Å²) in [6.45, 7) is 2.53. The quantitative estimate of drug-likeness (QED) is 0.551. The van der Waals surface area contributed by atoms with Gasteiger partial charge < -0.3 is 10.5 Å². The van der Waals surface area contributed by atoms with Crippen molar-refractivity contribution >= 4 is 11.8 Å². The number of nitrogens with one attached hydrogen (secondary N) is 1. The number of esters is 1. The van der Waals surface area contributed by atoms with E-state index in [9.17, 15) is 4.79 Å². The van der Waals surface area contributed by atoms with Crippen LogP contribution in [0.25, 0.3) is 0 Å². The molecule has 0 bridgehead atoms. The fraction of sp³-hybridized carbons (Fsp3) is 0.556. The first kappa shape index (κ1) is 10.6. The third-order valence-corrected chi connectivity index (χ3v) is 1.87. The highest BCUT2D eigenvalue weighted by Crippen LogP contribution is 2.08. The first-order chi connectivity index (χ1) is 6.75. The van der Waals surface area contributed by atoms with Gasteiger partial charge in [0.2, 0.25) is 0 Å². The average Bonchev–Trinajstić information content (AvgIpc) is 2.59. The molecule has 0 aliphatic rings. The molecule has 1 rings (SSSR count). The fourth-order valence-corrected chi connectivity index (χ4v) is 1.05. The molecule has 0 saturated carbocycles. The molecule has 1 aromatic rings. The Morgan fingerprint density at radius 2 is 2.43 bits per heavy atom. The van der Waals surface area contributed by atoms with Gasteiger partial charge in [0.25, 0.3) is 0 Å². The van der Waals surface area contributed by atoms with Crippen LogP contribution in [0, 0.1) is 0 Å². The minimum Gasteiger partial charge on any atom is -0.462 e. The number of unbranched alkanes of at least 4 members (excludes halogenated alkanes) is 2. The second kappa shape index (κ2) is 5.26. The summed E-state index contributed by atoms with van der Waals surface area (Å²) in [5.74, 6) is -0.155. The molecular weight excluding hydrogens is 182 g/mol. The Bertz CT molecular complexity index is 296. The Labute approximate surface area is 82.6 Å². The fourth-order valence-electron chi connectivity index (χ4n) is 1.05. The summed E-state index contributed by atoms with van der Waals surface area (Å²) in [6.07, 6.45) is 4.43. The standard InChI is InChI=1S/C9H15N3O2/c1-2-3-4-5-14-9(13)7-6-11-12-8(7)10/h6H,2-5H2,1H3,(H3,10,11,12). The minimum absolute atomic E-state index is 0.255. The van der Waals surface area contributed by atoms with Gasteiger partial charge in [-0.3, -0.25) is 5.10 Å². The van der Waals surface area contributed by atoms with Crippen LogP contribution < -0.4 is 5.73 Å². The molecule has 78 valence electrons. The lowest BCUT2D eigenvalue weighted by molar-refractivity contribution is 0.0499. The van der Waals surface area contributed by atoms with Crippen molar-refractivity contribution in [3.8, 4) is 0 Å². The predicted octanol–water partition coefficient (Wildman–Crippen LogP) is 1.34. The Morgan fingerprint density at radius 1 is 1.64 bits per heavy atom. The molecule has 0 aliphatic carbocycles. The number of nitrogens with two attached hydrogens (primary N) is 1. The molecule has 0 atom stereocenters. The molecule has 0 unspecified atom stereocenters. The van der Waals surface area contributed by atoms with Crippen LogP contribution >= 0.6 is 0 Å². The molecule has 0 radical (unpaired) electrons. The van der Waals surface area contributed by atoms with E-state index in [1.165, 1.54) is 6.20 Å². The van der Waals surface area contributed by atoms with Crippen LogP contribution in [0.15, 0.2) is 6.20 Å². The smallest absolute Gasteiger partial charge is 0.343 e. The van der Waals surface area contributed by atoms with Crippen molar-refractivity contribution in [2.75, 3.05) is 12.3 Å². The number of ether oxygens (including phenoxy) is 1. The molecule has 0 aromatic carbocycles. The van der Waals surface area contributed by atoms with Gasteiger partial charge in [-0.1, -0.05) is 19.8 Å². The van der Waals surface area contributed by atoms with E-state index < -0.39 is 5.97 Å². The summed E-state index contributed by atoms with van der Waals surface area (Å²) in [5.41, 5.74) is 5.76. The second-order valence-corrected chi connectivity index (χ2v) is 3.04. The van der Waals surface area contributed by atoms with Crippen LogP contribution in [0.5, 0.6) is 0 Å². The molecule has 5 nitrogen and oxygen atoms in total. The number of hydrogen-bond acceptors (Lipinski definition) is 4. The number of H-pyrrole nitrogens is 1. The molecule has 1 heterocycles. The lowest BCUT2D eigenvalue weighted by Gasteiger charge is -2.02. The minimum atomic E-state index is -0.410. The highest BCUT2D eigenvalue weighted by atomic mass is 16.5. The van der Waals surface area contributed by atoms with E-state index in [1.54, 1.807) is 0 Å². The number of carbonyl (C=O) groups excluding carboxylic acids is 1. The summed E-state index contributed by atoms with van der Waals surface area (Å²) in [7, 11) is 0. The summed E-state index contributed by atoms with van der Waals surface area (Å²) in [5, 5.41) is 6.11. The number of hydrogen-bond donors (Lipinski definition) is 2. The highest BCUT2D eigenvalue weighted by molar-refractivity contribution is 5.93. The van der Waals surface area contributed by atoms with Gasteiger partial charge in [0.05, 0.1) is 12.8 Å². The number of anilines is 1. The Hall–Kier alpha value is -1.52. The molecule has 0 fully saturated rings. The van der Waals surface area contributed by atoms with Gasteiger partial charge in [-0.15, -0.1) is 0 Å². The molecule has 0 amide bonds. The predicted molar refractivity (Wildman–Crippen MR) is 52.8 cm³/mol. The lowest BCUT2D eigenvalue weighted by atomic mass is 10.3. The van der Waals surface area contributed by atoms with E-state index in [0.29, 0.717) is 12.2 Å². The Balaban J connectivity index is 2.32. The van der Waals surface area contributed by atoms with Gasteiger partial charge in [0, 0.05) is 0 Å². The lowest BCUT2D eigenvalue weighted by Crippen LogP contribution is -2.07. The molecule has 5 heteroatoms. The molecular formula is C9H15N3O2. The third kappa shape index (κ3) is 2.76. The van der Waals surface area contributed by atoms with Gasteiger partial charge in [-0.05, 0) is 6.42 Å². The van der Waals surface area contributed by atoms with E-state index in [-0.39, 0.29) is 5.82 Å². The van der Waals surface area contributed by atoms with Crippen LogP contribution in [0.1, 0.15) is 36.5 Å². The van der Waals surface area contributed by atoms with Gasteiger partial charge in [-0.2, -0.15) is 5.10 Å². The van der Waals surface area contributed by atoms with Crippen LogP contribution in [0.3, 0.4) is 0 Å². The maximum absolute atomic E-state index is 11.3. The van der Waals surface area contributed by atoms with E-state index >= 15 is 0 Å². The van der Waals surface area contributed by atoms with Gasteiger partial charge >= 0.3 is 5.97 Å². The van der Waals surface area contributed by atoms with Crippen molar-refractivity contribution in [1.82, 2.24) is 10.2 Å². The van der Waals surface area contributed by atoms with Gasteiger partial charge in [0.1, 0.15) is 11.4 Å². The zero-order valence-electron chi connectivity index (χ0n) is 8.25. The second-order valence-electron chi connectivity index (χ2n) is 3.04. The van der Waals surface area contributed by atoms with Gasteiger partial charge in [0.15, 0.2) is 0 Å². The monoisotopic (exact) mass is 197 g/mol. The summed E-state index contributed by atoms with van der Waals surface area (Å²) >= 11 is 0. The van der Waals surface area contributed by atoms with Crippen molar-refractivity contribution in [2.24, 2.45) is 0 Å². The summed E-state index contributed by atoms with van der Waals surface area (Å²) < 4.78 is 4.99. The molecule has 0 spiro atoms. The van der Waals surface area contributed by atoms with Crippen molar-refractivity contribution < 1.29 is 9.53 Å². The largest absolute Gasteiger partial charge is 0.462 e. The van der Waals surface area contributed by atoms with Gasteiger partial charge in [-0.25, -0.2) is 4.79 Å². The first-order valence-electron chi connectivity index (χ1n) is 4.71. The first-order valence-corrected chi connectivity index (χ1v) is 4.71. The highest BCUT2D eigenvalue weighted by Gasteiger charge is 2.12. The summed E-state index contributed by atoms with van der Waals surface area (Å²) in [4.78, 5) is 11.3. The summed E-state index contributed by atoms with van der Waals surface area (Å²) in [6, 6.07) is 0. The number of rotatable bonds is 5. The molecule has 0 saturated heterocycles. The number of carbonyl (C=O) groups is 1. The average molecular weight is 197 g/mol. The van der Waals surface area contributed by atoms with E-state index in [4.69, 9.17) is 10.5 Å². The molecule has 14 heavy (non-hydrogen) atoms. The third-order valence-electron chi connectivity index (χ3n) is 1.87. The Morgan fingerprint density at radius 3 is 3.00 bits per heavy atom. The number of aromatic nitrogens is 2. The van der Waals surface area contributed by atoms with Crippen LogP contribution in [-0.4, -0.2) is 22.8 Å². The molecule has 1 aromatic heterocycles. The maximum Gasteiger partial charge on any atom is 0.343 e. The van der Waals surface area contributed by atoms with Crippen LogP contribution in [0.2, 0.25) is 0 Å². The zero-order chi connectivity index (χ0) is 10.4. The van der Waals surface area contributed by atoms with Crippen molar-refractivity contribution in [2.45, 2.75) is 26.2 Å². The zero-order valence-corrected chi connectivity index (χ0v) is 8.25. The molecule has 0 aliphatic heterocycles. The number of nitrogen functional groups attached to an aromatic ring is 1. The van der Waals surface area contributed by atoms with Crippen LogP contribution in [0.4, 0.5) is 5.82 Å². The van der Waals surface area contributed by atoms with E-state index in [0.717, 1.165) is 19.3 Å². The Kier molecular flexibility index (Phi) is 3.97. The number of nitrogens with zero attached hydrogens (tertiary/aromatic N) is 1. The van der Waals surface area contributed by atoms with E-state index in [1.807, 2.05) is 0 Å². The van der Waals surface area contributed by atoms with Crippen molar-refractivity contribution in [1.29, 1.82) is 0 Å². The van der Waals surface area contributed by atoms with Crippen molar-refractivity contribution in [3.63, 3.8) is 0 Å². The topological polar surface area (TPSA) is 81.0 Å². The normalized spacial score (nSPS) is 10.1. The maximum atomic E-state index is 11.3. The van der Waals surface area contributed by atoms with E-state index in [2.05, 4.69) is 17.1 Å².